The first-order valence-electron chi connectivity index (χ1n) is 13.8. The van der Waals surface area contributed by atoms with E-state index in [0.717, 1.165) is 16.0 Å². The molecule has 3 rings (SSSR count). The number of benzene rings is 1. The van der Waals surface area contributed by atoms with E-state index in [1.807, 2.05) is 0 Å². The topological polar surface area (TPSA) is 40.6 Å². The Morgan fingerprint density at radius 3 is 1.32 bits per heavy atom. The largest absolute Gasteiger partial charge is 0.460 e. The summed E-state index contributed by atoms with van der Waals surface area (Å²) in [6.07, 6.45) is -12.4. The van der Waals surface area contributed by atoms with Crippen LogP contribution < -0.4 is 9.80 Å². The number of alkyl halides is 14. The monoisotopic (exact) mass is 702 g/mol. The van der Waals surface area contributed by atoms with Gasteiger partial charge in [0.2, 0.25) is 11.6 Å². The van der Waals surface area contributed by atoms with Crippen molar-refractivity contribution < 1.29 is 71.1 Å². The van der Waals surface area contributed by atoms with E-state index in [1.54, 1.807) is 0 Å². The lowest BCUT2D eigenvalue weighted by atomic mass is 9.72. The van der Waals surface area contributed by atoms with Crippen molar-refractivity contribution in [2.24, 2.45) is 10.8 Å². The number of rotatable bonds is 9. The van der Waals surface area contributed by atoms with Gasteiger partial charge in [0.25, 0.3) is 0 Å². The van der Waals surface area contributed by atoms with Crippen molar-refractivity contribution in [3.63, 3.8) is 0 Å². The summed E-state index contributed by atoms with van der Waals surface area (Å²) < 4.78 is 189. The summed E-state index contributed by atoms with van der Waals surface area (Å²) in [6.45, 7) is 4.98. The van der Waals surface area contributed by atoms with Crippen molar-refractivity contribution in [3.05, 3.63) is 47.8 Å². The average molecular weight is 703 g/mol. The summed E-state index contributed by atoms with van der Waals surface area (Å²) >= 11 is 0. The summed E-state index contributed by atoms with van der Waals surface area (Å²) in [5, 5.41) is 0. The fourth-order valence-electron chi connectivity index (χ4n) is 5.10. The summed E-state index contributed by atoms with van der Waals surface area (Å²) in [5.74, 6) is -31.1. The minimum absolute atomic E-state index is 0.0271. The molecule has 0 bridgehead atoms. The summed E-state index contributed by atoms with van der Waals surface area (Å²) in [7, 11) is 0. The molecule has 2 aliphatic heterocycles. The Bertz CT molecular complexity index is 1440. The molecule has 1 aromatic rings. The predicted molar refractivity (Wildman–Crippen MR) is 141 cm³/mol. The summed E-state index contributed by atoms with van der Waals surface area (Å²) in [6, 6.07) is 4.97. The quantitative estimate of drug-likeness (QED) is 0.241. The van der Waals surface area contributed by atoms with Crippen LogP contribution in [0.2, 0.25) is 0 Å². The maximum Gasteiger partial charge on any atom is 0.460 e. The maximum absolute atomic E-state index is 14.4. The van der Waals surface area contributed by atoms with Gasteiger partial charge in [-0.3, -0.25) is 9.59 Å². The standard InChI is InChI=1S/C29H28F14N2O2/c1-5-23(4)11-13-45(15-19(23)21(47)25(32,33)27(36,37)29(41,42)43)17-8-6-16(7-9-17)44-12-10-22(2,3)18(14-44)20(46)24(30,31)26(34,35)28(38,39)40/h6-9,14-15H,5,10-13H2,1-4H3. The zero-order valence-electron chi connectivity index (χ0n) is 25.0. The number of ketones is 2. The third-order valence-electron chi connectivity index (χ3n) is 8.69. The molecule has 0 saturated carbocycles. The predicted octanol–water partition coefficient (Wildman–Crippen LogP) is 9.12. The maximum atomic E-state index is 14.4. The number of carbonyl (C=O) groups excluding carboxylic acids is 2. The van der Waals surface area contributed by atoms with E-state index >= 15 is 0 Å². The van der Waals surface area contributed by atoms with Gasteiger partial charge >= 0.3 is 36.0 Å². The van der Waals surface area contributed by atoms with Gasteiger partial charge in [-0.2, -0.15) is 61.5 Å². The van der Waals surface area contributed by atoms with Gasteiger partial charge in [0.15, 0.2) is 0 Å². The molecule has 0 aromatic heterocycles. The second kappa shape index (κ2) is 11.7. The summed E-state index contributed by atoms with van der Waals surface area (Å²) in [4.78, 5) is 27.3. The highest BCUT2D eigenvalue weighted by molar-refractivity contribution is 6.04. The molecule has 2 heterocycles. The second-order valence-electron chi connectivity index (χ2n) is 12.2. The molecule has 1 unspecified atom stereocenters. The van der Waals surface area contributed by atoms with Crippen LogP contribution in [-0.4, -0.2) is 60.7 Å². The van der Waals surface area contributed by atoms with Gasteiger partial charge in [0, 0.05) is 48.0 Å². The number of allylic oxidation sites excluding steroid dienone is 2. The lowest BCUT2D eigenvalue weighted by Crippen LogP contribution is -2.58. The lowest BCUT2D eigenvalue weighted by Gasteiger charge is -2.41. The molecule has 18 heteroatoms. The Kier molecular flexibility index (Phi) is 9.46. The molecule has 1 aromatic carbocycles. The molecule has 0 spiro atoms. The van der Waals surface area contributed by atoms with E-state index in [2.05, 4.69) is 0 Å². The number of hydrogen-bond acceptors (Lipinski definition) is 4. The highest BCUT2D eigenvalue weighted by atomic mass is 19.4. The van der Waals surface area contributed by atoms with Crippen LogP contribution in [0.5, 0.6) is 0 Å². The Morgan fingerprint density at radius 2 is 0.957 bits per heavy atom. The van der Waals surface area contributed by atoms with Gasteiger partial charge in [0.1, 0.15) is 0 Å². The van der Waals surface area contributed by atoms with Crippen LogP contribution in [-0.2, 0) is 9.59 Å². The third-order valence-corrected chi connectivity index (χ3v) is 8.69. The van der Waals surface area contributed by atoms with Gasteiger partial charge in [-0.25, -0.2) is 0 Å². The number of hydrogen-bond donors (Lipinski definition) is 0. The molecule has 0 aliphatic carbocycles. The van der Waals surface area contributed by atoms with Crippen molar-refractivity contribution in [2.45, 2.75) is 83.0 Å². The van der Waals surface area contributed by atoms with E-state index in [9.17, 15) is 71.1 Å². The normalized spacial score (nSPS) is 21.7. The van der Waals surface area contributed by atoms with Gasteiger partial charge in [-0.15, -0.1) is 0 Å². The SMILES string of the molecule is CCC1(C)CCN(c2ccc(N3C=C(C(=O)C(F)(F)C(F)(F)C(F)(F)F)C(C)(C)CC3)cc2)C=C1C(=O)C(F)(F)C(F)(F)C(F)(F)F. The van der Waals surface area contributed by atoms with Gasteiger partial charge in [0.05, 0.1) is 0 Å². The zero-order chi connectivity index (χ0) is 36.4. The van der Waals surface area contributed by atoms with Crippen LogP contribution >= 0.6 is 0 Å². The van der Waals surface area contributed by atoms with Crippen molar-refractivity contribution in [1.82, 2.24) is 0 Å². The van der Waals surface area contributed by atoms with E-state index in [1.165, 1.54) is 52.0 Å². The van der Waals surface area contributed by atoms with Crippen LogP contribution in [0.3, 0.4) is 0 Å². The second-order valence-corrected chi connectivity index (χ2v) is 12.2. The van der Waals surface area contributed by atoms with E-state index in [-0.39, 0.29) is 43.7 Å². The molecular weight excluding hydrogens is 674 g/mol. The minimum atomic E-state index is -6.74. The highest BCUT2D eigenvalue weighted by Gasteiger charge is 2.77. The van der Waals surface area contributed by atoms with E-state index < -0.39 is 69.6 Å². The molecule has 0 N–H and O–H groups in total. The molecule has 0 amide bonds. The highest BCUT2D eigenvalue weighted by Crippen LogP contribution is 2.52. The first-order chi connectivity index (χ1) is 21.0. The van der Waals surface area contributed by atoms with Crippen LogP contribution in [0.1, 0.15) is 47.0 Å². The number of anilines is 2. The minimum Gasteiger partial charge on any atom is -0.348 e. The molecule has 264 valence electrons. The Hall–Kier alpha value is -3.34. The smallest absolute Gasteiger partial charge is 0.348 e. The molecule has 1 atom stereocenters. The number of Topliss-reactive ketones (excluding diaryl/α,β-unsaturated/α-hetero) is 2. The van der Waals surface area contributed by atoms with Crippen LogP contribution in [0.25, 0.3) is 0 Å². The Balaban J connectivity index is 1.99. The Labute approximate surface area is 259 Å². The molecule has 0 saturated heterocycles. The fourth-order valence-corrected chi connectivity index (χ4v) is 5.10. The Morgan fingerprint density at radius 1 is 0.617 bits per heavy atom. The fraction of sp³-hybridized carbons (Fsp3) is 0.586. The van der Waals surface area contributed by atoms with E-state index in [0.29, 0.717) is 6.20 Å². The summed E-state index contributed by atoms with van der Waals surface area (Å²) in [5.41, 5.74) is -4.91. The van der Waals surface area contributed by atoms with Crippen molar-refractivity contribution in [3.8, 4) is 0 Å². The zero-order valence-corrected chi connectivity index (χ0v) is 25.0. The number of nitrogens with zero attached hydrogens (tertiary/aromatic N) is 2. The molecule has 2 aliphatic rings. The first kappa shape index (κ1) is 38.1. The van der Waals surface area contributed by atoms with Gasteiger partial charge in [-0.1, -0.05) is 27.7 Å². The van der Waals surface area contributed by atoms with Gasteiger partial charge < -0.3 is 9.80 Å². The first-order valence-corrected chi connectivity index (χ1v) is 13.8. The van der Waals surface area contributed by atoms with Crippen molar-refractivity contribution in [2.75, 3.05) is 22.9 Å². The number of halogens is 14. The third kappa shape index (κ3) is 6.32. The van der Waals surface area contributed by atoms with Crippen molar-refractivity contribution >= 4 is 22.9 Å². The van der Waals surface area contributed by atoms with E-state index in [4.69, 9.17) is 0 Å². The molecule has 0 radical (unpaired) electrons. The molecular formula is C29H28F14N2O2. The van der Waals surface area contributed by atoms with Gasteiger partial charge in [-0.05, 0) is 54.4 Å². The molecule has 4 nitrogen and oxygen atoms in total. The van der Waals surface area contributed by atoms with Crippen LogP contribution in [0.15, 0.2) is 47.8 Å². The van der Waals surface area contributed by atoms with Crippen LogP contribution in [0, 0.1) is 10.8 Å². The molecule has 47 heavy (non-hydrogen) atoms. The van der Waals surface area contributed by atoms with Crippen LogP contribution in [0.4, 0.5) is 72.8 Å². The number of carbonyl (C=O) groups is 2. The lowest BCUT2D eigenvalue weighted by molar-refractivity contribution is -0.343. The van der Waals surface area contributed by atoms with Crippen molar-refractivity contribution in [1.29, 1.82) is 0 Å². The molecule has 0 fully saturated rings. The average Bonchev–Trinajstić information content (AvgIpc) is 2.95.